The lowest BCUT2D eigenvalue weighted by Gasteiger charge is -2.01. The van der Waals surface area contributed by atoms with Crippen molar-refractivity contribution in [2.75, 3.05) is 5.73 Å². The smallest absolute Gasteiger partial charge is 0.261 e. The lowest BCUT2D eigenvalue weighted by molar-refractivity contribution is 0.419. The third kappa shape index (κ3) is 2.69. The maximum Gasteiger partial charge on any atom is 0.261 e. The van der Waals surface area contributed by atoms with Crippen molar-refractivity contribution in [3.8, 4) is 17.2 Å². The molecule has 0 bridgehead atoms. The molecule has 3 rings (SSSR count). The topological polar surface area (TPSA) is 85.2 Å². The summed E-state index contributed by atoms with van der Waals surface area (Å²) in [6.45, 7) is 0. The second kappa shape index (κ2) is 5.24. The van der Waals surface area contributed by atoms with Crippen LogP contribution < -0.4 is 5.73 Å². The van der Waals surface area contributed by atoms with E-state index < -0.39 is 0 Å². The van der Waals surface area contributed by atoms with Gasteiger partial charge in [0.2, 0.25) is 0 Å². The Morgan fingerprint density at radius 1 is 1.14 bits per heavy atom. The van der Waals surface area contributed by atoms with Gasteiger partial charge in [0.05, 0.1) is 11.3 Å². The first-order chi connectivity index (χ1) is 10.1. The highest BCUT2D eigenvalue weighted by molar-refractivity contribution is 5.71. The summed E-state index contributed by atoms with van der Waals surface area (Å²) in [5, 5.41) is 13.7. The number of anilines is 1. The van der Waals surface area contributed by atoms with E-state index in [0.717, 1.165) is 5.56 Å². The van der Waals surface area contributed by atoms with Gasteiger partial charge in [0, 0.05) is 6.42 Å². The fourth-order valence-electron chi connectivity index (χ4n) is 1.95. The summed E-state index contributed by atoms with van der Waals surface area (Å²) in [5.41, 5.74) is 7.11. The number of rotatable bonds is 3. The number of benzene rings is 2. The highest BCUT2D eigenvalue weighted by Crippen LogP contribution is 2.32. The highest BCUT2D eigenvalue weighted by atomic mass is 19.1. The fourth-order valence-corrected chi connectivity index (χ4v) is 1.95. The van der Waals surface area contributed by atoms with E-state index in [2.05, 4.69) is 10.1 Å². The van der Waals surface area contributed by atoms with Crippen molar-refractivity contribution in [1.29, 1.82) is 0 Å². The van der Waals surface area contributed by atoms with Crippen molar-refractivity contribution >= 4 is 5.69 Å². The molecule has 2 aromatic carbocycles. The van der Waals surface area contributed by atoms with Crippen LogP contribution in [0.25, 0.3) is 11.5 Å². The molecule has 106 valence electrons. The number of nitrogens with zero attached hydrogens (tertiary/aromatic N) is 2. The number of phenols is 1. The van der Waals surface area contributed by atoms with Crippen LogP contribution in [-0.4, -0.2) is 15.2 Å². The van der Waals surface area contributed by atoms with E-state index in [-0.39, 0.29) is 23.1 Å². The van der Waals surface area contributed by atoms with Crippen molar-refractivity contribution in [3.05, 3.63) is 59.7 Å². The molecule has 0 spiro atoms. The Balaban J connectivity index is 1.86. The molecular formula is C15H12FN3O2. The molecule has 6 heteroatoms. The van der Waals surface area contributed by atoms with Gasteiger partial charge in [0.25, 0.3) is 5.89 Å². The molecule has 0 fully saturated rings. The van der Waals surface area contributed by atoms with Gasteiger partial charge in [0.15, 0.2) is 11.6 Å². The number of nitrogen functional groups attached to an aromatic ring is 1. The van der Waals surface area contributed by atoms with Crippen molar-refractivity contribution in [1.82, 2.24) is 10.1 Å². The summed E-state index contributed by atoms with van der Waals surface area (Å²) in [4.78, 5) is 4.21. The minimum absolute atomic E-state index is 0.0884. The van der Waals surface area contributed by atoms with E-state index in [1.165, 1.54) is 12.1 Å². The van der Waals surface area contributed by atoms with E-state index >= 15 is 0 Å². The van der Waals surface area contributed by atoms with Crippen molar-refractivity contribution in [3.63, 3.8) is 0 Å². The first-order valence-electron chi connectivity index (χ1n) is 6.28. The zero-order valence-corrected chi connectivity index (χ0v) is 11.0. The molecule has 0 amide bonds. The Kier molecular flexibility index (Phi) is 3.27. The molecule has 0 radical (unpaired) electrons. The molecule has 0 aliphatic rings. The molecule has 0 atom stereocenters. The number of hydrogen-bond donors (Lipinski definition) is 2. The molecular weight excluding hydrogens is 273 g/mol. The van der Waals surface area contributed by atoms with Gasteiger partial charge in [-0.3, -0.25) is 0 Å². The molecule has 3 N–H and O–H groups in total. The number of halogens is 1. The van der Waals surface area contributed by atoms with Crippen LogP contribution in [0.15, 0.2) is 47.0 Å². The number of para-hydroxylation sites is 1. The molecule has 1 aromatic heterocycles. The summed E-state index contributed by atoms with van der Waals surface area (Å²) in [6.07, 6.45) is 0.410. The summed E-state index contributed by atoms with van der Waals surface area (Å²) in [6, 6.07) is 11.0. The van der Waals surface area contributed by atoms with E-state index in [4.69, 9.17) is 10.3 Å². The minimum Gasteiger partial charge on any atom is -0.505 e. The summed E-state index contributed by atoms with van der Waals surface area (Å²) in [7, 11) is 0. The van der Waals surface area contributed by atoms with E-state index in [9.17, 15) is 9.50 Å². The molecule has 0 aliphatic carbocycles. The number of aromatic hydroxyl groups is 1. The lowest BCUT2D eigenvalue weighted by atomic mass is 10.1. The van der Waals surface area contributed by atoms with Crippen molar-refractivity contribution in [2.45, 2.75) is 6.42 Å². The first kappa shape index (κ1) is 13.1. The summed E-state index contributed by atoms with van der Waals surface area (Å²) < 4.78 is 18.0. The monoisotopic (exact) mass is 285 g/mol. The van der Waals surface area contributed by atoms with Crippen LogP contribution in [0.5, 0.6) is 5.75 Å². The standard InChI is InChI=1S/C15H12FN3O2/c16-10-6-4-9(5-7-10)8-13-18-15(21-19-13)11-2-1-3-12(17)14(11)20/h1-7,20H,8,17H2. The van der Waals surface area contributed by atoms with Gasteiger partial charge >= 0.3 is 0 Å². The average Bonchev–Trinajstić information content (AvgIpc) is 2.93. The summed E-state index contributed by atoms with van der Waals surface area (Å²) >= 11 is 0. The Bertz CT molecular complexity index is 769. The Hall–Kier alpha value is -2.89. The normalized spacial score (nSPS) is 10.7. The summed E-state index contributed by atoms with van der Waals surface area (Å²) in [5.74, 6) is 0.252. The quantitative estimate of drug-likeness (QED) is 0.571. The third-order valence-electron chi connectivity index (χ3n) is 3.04. The Morgan fingerprint density at radius 3 is 2.67 bits per heavy atom. The minimum atomic E-state index is -0.294. The van der Waals surface area contributed by atoms with Gasteiger partial charge in [0.1, 0.15) is 5.82 Å². The predicted octanol–water partition coefficient (Wildman–Crippen LogP) is 2.75. The Morgan fingerprint density at radius 2 is 1.90 bits per heavy atom. The zero-order chi connectivity index (χ0) is 14.8. The predicted molar refractivity (Wildman–Crippen MR) is 75.0 cm³/mol. The third-order valence-corrected chi connectivity index (χ3v) is 3.04. The van der Waals surface area contributed by atoms with Gasteiger partial charge in [-0.15, -0.1) is 0 Å². The van der Waals surface area contributed by atoms with Gasteiger partial charge in [-0.25, -0.2) is 4.39 Å². The van der Waals surface area contributed by atoms with Crippen molar-refractivity contribution in [2.24, 2.45) is 0 Å². The molecule has 0 saturated heterocycles. The Labute approximate surface area is 119 Å². The molecule has 5 nitrogen and oxygen atoms in total. The number of aromatic nitrogens is 2. The molecule has 0 unspecified atom stereocenters. The van der Waals surface area contributed by atoms with Gasteiger partial charge in [-0.1, -0.05) is 23.4 Å². The van der Waals surface area contributed by atoms with Gasteiger partial charge in [-0.05, 0) is 29.8 Å². The van der Waals surface area contributed by atoms with Crippen LogP contribution in [-0.2, 0) is 6.42 Å². The van der Waals surface area contributed by atoms with E-state index in [0.29, 0.717) is 17.8 Å². The van der Waals surface area contributed by atoms with Gasteiger partial charge < -0.3 is 15.4 Å². The van der Waals surface area contributed by atoms with Gasteiger partial charge in [-0.2, -0.15) is 4.98 Å². The number of hydrogen-bond acceptors (Lipinski definition) is 5. The van der Waals surface area contributed by atoms with E-state index in [1.54, 1.807) is 30.3 Å². The van der Waals surface area contributed by atoms with Crippen LogP contribution >= 0.6 is 0 Å². The molecule has 0 aliphatic heterocycles. The van der Waals surface area contributed by atoms with Crippen LogP contribution in [0.2, 0.25) is 0 Å². The maximum absolute atomic E-state index is 12.8. The zero-order valence-electron chi connectivity index (χ0n) is 11.0. The van der Waals surface area contributed by atoms with Crippen LogP contribution in [0.1, 0.15) is 11.4 Å². The van der Waals surface area contributed by atoms with Crippen molar-refractivity contribution < 1.29 is 14.0 Å². The maximum atomic E-state index is 12.8. The van der Waals surface area contributed by atoms with Crippen LogP contribution in [0, 0.1) is 5.82 Å². The second-order valence-corrected chi connectivity index (χ2v) is 4.56. The highest BCUT2D eigenvalue weighted by Gasteiger charge is 2.14. The number of phenolic OH excluding ortho intramolecular Hbond substituents is 1. The van der Waals surface area contributed by atoms with E-state index in [1.807, 2.05) is 0 Å². The molecule has 0 saturated carbocycles. The first-order valence-corrected chi connectivity index (χ1v) is 6.28. The lowest BCUT2D eigenvalue weighted by Crippen LogP contribution is -1.91. The molecule has 3 aromatic rings. The average molecular weight is 285 g/mol. The fraction of sp³-hybridized carbons (Fsp3) is 0.0667. The van der Waals surface area contributed by atoms with Crippen LogP contribution in [0.4, 0.5) is 10.1 Å². The SMILES string of the molecule is Nc1cccc(-c2nc(Cc3ccc(F)cc3)no2)c1O. The molecule has 21 heavy (non-hydrogen) atoms. The largest absolute Gasteiger partial charge is 0.505 e. The second-order valence-electron chi connectivity index (χ2n) is 4.56. The molecule has 1 heterocycles. The van der Waals surface area contributed by atoms with Crippen LogP contribution in [0.3, 0.4) is 0 Å². The number of nitrogens with two attached hydrogens (primary N) is 1.